The van der Waals surface area contributed by atoms with Gasteiger partial charge in [-0.25, -0.2) is 14.8 Å². The highest BCUT2D eigenvalue weighted by Gasteiger charge is 2.26. The molecular weight excluding hydrogens is 246 g/mol. The maximum Gasteiger partial charge on any atom is 0.356 e. The normalized spacial score (nSPS) is 17.5. The number of esters is 1. The van der Waals surface area contributed by atoms with Crippen LogP contribution in [0.2, 0.25) is 0 Å². The number of nitrogen functional groups attached to an aromatic ring is 1. The van der Waals surface area contributed by atoms with Gasteiger partial charge >= 0.3 is 5.97 Å². The van der Waals surface area contributed by atoms with E-state index in [4.69, 9.17) is 10.5 Å². The molecule has 2 N–H and O–H groups in total. The van der Waals surface area contributed by atoms with E-state index in [1.165, 1.54) is 13.3 Å². The van der Waals surface area contributed by atoms with Crippen LogP contribution in [-0.4, -0.2) is 23.0 Å². The topological polar surface area (TPSA) is 87.3 Å². The zero-order valence-electron chi connectivity index (χ0n) is 10.6. The SMILES string of the molecule is COC(=O)c1cc2c3c(c(N)nc2cn1)[C@H](C)OC3. The smallest absolute Gasteiger partial charge is 0.356 e. The number of hydrogen-bond acceptors (Lipinski definition) is 6. The highest BCUT2D eigenvalue weighted by atomic mass is 16.5. The van der Waals surface area contributed by atoms with Crippen LogP contribution in [-0.2, 0) is 16.1 Å². The number of hydrogen-bond donors (Lipinski definition) is 1. The van der Waals surface area contributed by atoms with Crippen LogP contribution >= 0.6 is 0 Å². The Bertz CT molecular complexity index is 684. The van der Waals surface area contributed by atoms with E-state index in [1.54, 1.807) is 6.07 Å². The molecule has 6 nitrogen and oxygen atoms in total. The fourth-order valence-electron chi connectivity index (χ4n) is 2.39. The van der Waals surface area contributed by atoms with Gasteiger partial charge in [-0.2, -0.15) is 0 Å². The van der Waals surface area contributed by atoms with Crippen LogP contribution in [0, 0.1) is 0 Å². The van der Waals surface area contributed by atoms with Crippen LogP contribution in [0.5, 0.6) is 0 Å². The van der Waals surface area contributed by atoms with Gasteiger partial charge in [0.15, 0.2) is 0 Å². The fourth-order valence-corrected chi connectivity index (χ4v) is 2.39. The molecule has 0 bridgehead atoms. The zero-order chi connectivity index (χ0) is 13.6. The lowest BCUT2D eigenvalue weighted by atomic mass is 10.0. The summed E-state index contributed by atoms with van der Waals surface area (Å²) in [6.07, 6.45) is 1.45. The van der Waals surface area contributed by atoms with E-state index in [0.29, 0.717) is 17.9 Å². The van der Waals surface area contributed by atoms with E-state index in [9.17, 15) is 4.79 Å². The van der Waals surface area contributed by atoms with E-state index in [-0.39, 0.29) is 11.8 Å². The van der Waals surface area contributed by atoms with Crippen molar-refractivity contribution in [3.63, 3.8) is 0 Å². The molecule has 0 radical (unpaired) electrons. The lowest BCUT2D eigenvalue weighted by molar-refractivity contribution is 0.0594. The van der Waals surface area contributed by atoms with Crippen LogP contribution in [0.25, 0.3) is 10.9 Å². The van der Waals surface area contributed by atoms with Gasteiger partial charge in [0, 0.05) is 10.9 Å². The van der Waals surface area contributed by atoms with Gasteiger partial charge in [0.05, 0.1) is 31.5 Å². The van der Waals surface area contributed by atoms with Gasteiger partial charge in [-0.1, -0.05) is 0 Å². The third kappa shape index (κ3) is 1.72. The summed E-state index contributed by atoms with van der Waals surface area (Å²) in [6, 6.07) is 1.67. The number of pyridine rings is 2. The molecule has 0 spiro atoms. The molecule has 0 unspecified atom stereocenters. The molecule has 2 aromatic rings. The van der Waals surface area contributed by atoms with Crippen molar-refractivity contribution in [3.05, 3.63) is 29.1 Å². The summed E-state index contributed by atoms with van der Waals surface area (Å²) >= 11 is 0. The first-order valence-electron chi connectivity index (χ1n) is 5.89. The van der Waals surface area contributed by atoms with E-state index in [1.807, 2.05) is 6.92 Å². The predicted octanol–water partition coefficient (Wildman–Crippen LogP) is 1.59. The molecular formula is C13H13N3O3. The molecule has 19 heavy (non-hydrogen) atoms. The molecule has 0 saturated carbocycles. The molecule has 0 saturated heterocycles. The average Bonchev–Trinajstić information content (AvgIpc) is 2.81. The van der Waals surface area contributed by atoms with Crippen molar-refractivity contribution in [2.24, 2.45) is 0 Å². The Morgan fingerprint density at radius 3 is 3.11 bits per heavy atom. The minimum Gasteiger partial charge on any atom is -0.464 e. The van der Waals surface area contributed by atoms with Crippen molar-refractivity contribution in [2.75, 3.05) is 12.8 Å². The van der Waals surface area contributed by atoms with Crippen molar-refractivity contribution in [2.45, 2.75) is 19.6 Å². The van der Waals surface area contributed by atoms with Crippen molar-refractivity contribution >= 4 is 22.7 Å². The quantitative estimate of drug-likeness (QED) is 0.782. The van der Waals surface area contributed by atoms with E-state index < -0.39 is 5.97 Å². The Morgan fingerprint density at radius 2 is 2.37 bits per heavy atom. The summed E-state index contributed by atoms with van der Waals surface area (Å²) in [5.41, 5.74) is 8.72. The molecule has 2 aromatic heterocycles. The van der Waals surface area contributed by atoms with Crippen LogP contribution in [0.3, 0.4) is 0 Å². The monoisotopic (exact) mass is 259 g/mol. The number of methoxy groups -OCH3 is 1. The number of nitrogens with zero attached hydrogens (tertiary/aromatic N) is 2. The lowest BCUT2D eigenvalue weighted by Gasteiger charge is -2.09. The molecule has 0 aliphatic carbocycles. The van der Waals surface area contributed by atoms with Crippen molar-refractivity contribution in [3.8, 4) is 0 Å². The number of nitrogens with two attached hydrogens (primary N) is 1. The number of carbonyl (C=O) groups is 1. The van der Waals surface area contributed by atoms with Crippen LogP contribution in [0.15, 0.2) is 12.3 Å². The van der Waals surface area contributed by atoms with Gasteiger partial charge in [0.1, 0.15) is 11.5 Å². The summed E-state index contributed by atoms with van der Waals surface area (Å²) in [5, 5.41) is 0.837. The van der Waals surface area contributed by atoms with E-state index >= 15 is 0 Å². The second-order valence-corrected chi connectivity index (χ2v) is 4.42. The summed E-state index contributed by atoms with van der Waals surface area (Å²) in [4.78, 5) is 19.9. The van der Waals surface area contributed by atoms with Crippen molar-refractivity contribution < 1.29 is 14.3 Å². The van der Waals surface area contributed by atoms with Gasteiger partial charge in [-0.05, 0) is 18.6 Å². The van der Waals surface area contributed by atoms with Crippen molar-refractivity contribution in [1.29, 1.82) is 0 Å². The Balaban J connectivity index is 2.28. The van der Waals surface area contributed by atoms with Gasteiger partial charge in [0.2, 0.25) is 0 Å². The number of carbonyl (C=O) groups excluding carboxylic acids is 1. The highest BCUT2D eigenvalue weighted by Crippen LogP contribution is 2.37. The van der Waals surface area contributed by atoms with E-state index in [0.717, 1.165) is 16.5 Å². The third-order valence-electron chi connectivity index (χ3n) is 3.33. The summed E-state index contributed by atoms with van der Waals surface area (Å²) < 4.78 is 10.3. The standard InChI is InChI=1S/C13H13N3O3/c1-6-11-8(5-19-6)7-3-9(13(17)18-2)15-4-10(7)16-12(11)14/h3-4,6H,5H2,1-2H3,(H2,14,16)/t6-/m0/s1. The molecule has 98 valence electrons. The van der Waals surface area contributed by atoms with Crippen LogP contribution in [0.1, 0.15) is 34.6 Å². The Labute approximate surface area is 109 Å². The minimum atomic E-state index is -0.473. The number of ether oxygens (including phenoxy) is 2. The summed E-state index contributed by atoms with van der Waals surface area (Å²) in [5.74, 6) is -0.0143. The number of anilines is 1. The van der Waals surface area contributed by atoms with Gasteiger partial charge < -0.3 is 15.2 Å². The molecule has 6 heteroatoms. The molecule has 0 amide bonds. The average molecular weight is 259 g/mol. The molecule has 1 atom stereocenters. The predicted molar refractivity (Wildman–Crippen MR) is 68.5 cm³/mol. The first kappa shape index (κ1) is 11.9. The van der Waals surface area contributed by atoms with Crippen molar-refractivity contribution in [1.82, 2.24) is 9.97 Å². The Morgan fingerprint density at radius 1 is 1.58 bits per heavy atom. The molecule has 0 fully saturated rings. The highest BCUT2D eigenvalue weighted by molar-refractivity contribution is 5.94. The fraction of sp³-hybridized carbons (Fsp3) is 0.308. The van der Waals surface area contributed by atoms with Gasteiger partial charge in [0.25, 0.3) is 0 Å². The number of rotatable bonds is 1. The molecule has 3 heterocycles. The van der Waals surface area contributed by atoms with Gasteiger partial charge in [-0.15, -0.1) is 0 Å². The number of aromatic nitrogens is 2. The lowest BCUT2D eigenvalue weighted by Crippen LogP contribution is -2.06. The molecule has 0 aromatic carbocycles. The molecule has 3 rings (SSSR count). The molecule has 1 aliphatic rings. The summed E-state index contributed by atoms with van der Waals surface area (Å²) in [7, 11) is 1.32. The largest absolute Gasteiger partial charge is 0.464 e. The van der Waals surface area contributed by atoms with Crippen LogP contribution < -0.4 is 5.73 Å². The molecule has 1 aliphatic heterocycles. The number of fused-ring (bicyclic) bond motifs is 3. The third-order valence-corrected chi connectivity index (χ3v) is 3.33. The maximum absolute atomic E-state index is 11.5. The maximum atomic E-state index is 11.5. The Kier molecular flexibility index (Phi) is 2.60. The zero-order valence-corrected chi connectivity index (χ0v) is 10.6. The van der Waals surface area contributed by atoms with Crippen LogP contribution in [0.4, 0.5) is 5.82 Å². The second-order valence-electron chi connectivity index (χ2n) is 4.42. The summed E-state index contributed by atoms with van der Waals surface area (Å²) in [6.45, 7) is 2.39. The second kappa shape index (κ2) is 4.17. The van der Waals surface area contributed by atoms with Gasteiger partial charge in [-0.3, -0.25) is 0 Å². The van der Waals surface area contributed by atoms with E-state index in [2.05, 4.69) is 14.7 Å². The first-order chi connectivity index (χ1) is 9.11. The first-order valence-corrected chi connectivity index (χ1v) is 5.89. The minimum absolute atomic E-state index is 0.0818. The Hall–Kier alpha value is -2.21.